The van der Waals surface area contributed by atoms with Crippen molar-refractivity contribution in [2.45, 2.75) is 20.3 Å². The van der Waals surface area contributed by atoms with Gasteiger partial charge in [-0.3, -0.25) is 0 Å². The van der Waals surface area contributed by atoms with E-state index in [1.54, 1.807) is 0 Å². The van der Waals surface area contributed by atoms with Gasteiger partial charge >= 0.3 is 6.01 Å². The summed E-state index contributed by atoms with van der Waals surface area (Å²) in [4.78, 5) is 11.7. The molecule has 0 aliphatic heterocycles. The molecule has 0 aromatic carbocycles. The SMILES string of the molecule is CCCOc1nc(Cl)nc(NCC)n1. The fourth-order valence-electron chi connectivity index (χ4n) is 0.827. The molecule has 1 aromatic rings. The Balaban J connectivity index is 2.73. The van der Waals surface area contributed by atoms with Crippen LogP contribution in [-0.2, 0) is 0 Å². The van der Waals surface area contributed by atoms with E-state index in [4.69, 9.17) is 16.3 Å². The lowest BCUT2D eigenvalue weighted by Gasteiger charge is -2.05. The first-order valence-corrected chi connectivity index (χ1v) is 4.92. The largest absolute Gasteiger partial charge is 0.463 e. The molecule has 0 spiro atoms. The van der Waals surface area contributed by atoms with Gasteiger partial charge in [0.15, 0.2) is 0 Å². The fourth-order valence-corrected chi connectivity index (χ4v) is 0.979. The van der Waals surface area contributed by atoms with E-state index in [1.807, 2.05) is 13.8 Å². The molecular weight excluding hydrogens is 204 g/mol. The first-order valence-electron chi connectivity index (χ1n) is 4.54. The van der Waals surface area contributed by atoms with Gasteiger partial charge in [0.2, 0.25) is 11.2 Å². The van der Waals surface area contributed by atoms with Crippen molar-refractivity contribution in [3.05, 3.63) is 5.28 Å². The summed E-state index contributed by atoms with van der Waals surface area (Å²) in [5.41, 5.74) is 0. The number of halogens is 1. The van der Waals surface area contributed by atoms with Gasteiger partial charge < -0.3 is 10.1 Å². The smallest absolute Gasteiger partial charge is 0.322 e. The summed E-state index contributed by atoms with van der Waals surface area (Å²) >= 11 is 5.68. The molecule has 6 heteroatoms. The molecule has 5 nitrogen and oxygen atoms in total. The molecule has 0 saturated carbocycles. The molecule has 78 valence electrons. The summed E-state index contributed by atoms with van der Waals surface area (Å²) in [6, 6.07) is 0.266. The monoisotopic (exact) mass is 216 g/mol. The fraction of sp³-hybridized carbons (Fsp3) is 0.625. The van der Waals surface area contributed by atoms with Crippen LogP contribution in [0.4, 0.5) is 5.95 Å². The third-order valence-corrected chi connectivity index (χ3v) is 1.53. The zero-order valence-electron chi connectivity index (χ0n) is 8.25. The molecule has 1 N–H and O–H groups in total. The Morgan fingerprint density at radius 3 is 2.71 bits per heavy atom. The van der Waals surface area contributed by atoms with Crippen LogP contribution < -0.4 is 10.1 Å². The molecule has 0 unspecified atom stereocenters. The summed E-state index contributed by atoms with van der Waals surface area (Å²) in [6.07, 6.45) is 0.903. The quantitative estimate of drug-likeness (QED) is 0.813. The van der Waals surface area contributed by atoms with Crippen molar-refractivity contribution in [3.63, 3.8) is 0 Å². The van der Waals surface area contributed by atoms with E-state index in [1.165, 1.54) is 0 Å². The van der Waals surface area contributed by atoms with Gasteiger partial charge in [-0.2, -0.15) is 15.0 Å². The van der Waals surface area contributed by atoms with Crippen molar-refractivity contribution in [2.75, 3.05) is 18.5 Å². The minimum Gasteiger partial charge on any atom is -0.463 e. The third kappa shape index (κ3) is 3.33. The number of anilines is 1. The van der Waals surface area contributed by atoms with E-state index >= 15 is 0 Å². The molecule has 0 aliphatic carbocycles. The molecule has 1 rings (SSSR count). The van der Waals surface area contributed by atoms with Crippen LogP contribution in [0.25, 0.3) is 0 Å². The number of rotatable bonds is 5. The lowest BCUT2D eigenvalue weighted by molar-refractivity contribution is 0.291. The number of ether oxygens (including phenoxy) is 1. The molecule has 1 aromatic heterocycles. The van der Waals surface area contributed by atoms with Crippen molar-refractivity contribution in [1.29, 1.82) is 0 Å². The third-order valence-electron chi connectivity index (χ3n) is 1.36. The topological polar surface area (TPSA) is 59.9 Å². The van der Waals surface area contributed by atoms with E-state index < -0.39 is 0 Å². The predicted octanol–water partition coefficient (Wildman–Crippen LogP) is 1.75. The minimum atomic E-state index is 0.141. The van der Waals surface area contributed by atoms with Crippen molar-refractivity contribution in [2.24, 2.45) is 0 Å². The van der Waals surface area contributed by atoms with Crippen LogP contribution in [0.5, 0.6) is 6.01 Å². The molecule has 0 aliphatic rings. The maximum absolute atomic E-state index is 5.68. The molecule has 0 saturated heterocycles. The van der Waals surface area contributed by atoms with Crippen molar-refractivity contribution in [1.82, 2.24) is 15.0 Å². The van der Waals surface area contributed by atoms with E-state index in [9.17, 15) is 0 Å². The first-order chi connectivity index (χ1) is 6.76. The van der Waals surface area contributed by atoms with Gasteiger partial charge in [0.1, 0.15) is 0 Å². The Kier molecular flexibility index (Phi) is 4.39. The van der Waals surface area contributed by atoms with Gasteiger partial charge in [-0.1, -0.05) is 6.92 Å². The highest BCUT2D eigenvalue weighted by molar-refractivity contribution is 6.28. The second-order valence-corrected chi connectivity index (χ2v) is 2.93. The second-order valence-electron chi connectivity index (χ2n) is 2.59. The standard InChI is InChI=1S/C8H13ClN4O/c1-3-5-14-8-12-6(9)11-7(13-8)10-4-2/h3-5H2,1-2H3,(H,10,11,12,13). The highest BCUT2D eigenvalue weighted by Gasteiger charge is 2.04. The minimum absolute atomic E-state index is 0.141. The van der Waals surface area contributed by atoms with Gasteiger partial charge in [0.25, 0.3) is 0 Å². The van der Waals surface area contributed by atoms with E-state index in [0.29, 0.717) is 12.6 Å². The Morgan fingerprint density at radius 1 is 1.29 bits per heavy atom. The second kappa shape index (κ2) is 5.59. The van der Waals surface area contributed by atoms with Gasteiger partial charge in [-0.25, -0.2) is 0 Å². The molecule has 0 radical (unpaired) electrons. The molecule has 14 heavy (non-hydrogen) atoms. The van der Waals surface area contributed by atoms with Crippen molar-refractivity contribution in [3.8, 4) is 6.01 Å². The zero-order valence-corrected chi connectivity index (χ0v) is 9.01. The van der Waals surface area contributed by atoms with E-state index in [-0.39, 0.29) is 11.3 Å². The van der Waals surface area contributed by atoms with E-state index in [2.05, 4.69) is 20.3 Å². The molecule has 0 amide bonds. The lowest BCUT2D eigenvalue weighted by Crippen LogP contribution is -2.06. The summed E-state index contributed by atoms with van der Waals surface area (Å²) in [5, 5.41) is 3.08. The number of aromatic nitrogens is 3. The van der Waals surface area contributed by atoms with Crippen molar-refractivity contribution >= 4 is 17.5 Å². The summed E-state index contributed by atoms with van der Waals surface area (Å²) < 4.78 is 5.24. The van der Waals surface area contributed by atoms with Gasteiger partial charge in [-0.15, -0.1) is 0 Å². The number of nitrogens with one attached hydrogen (secondary N) is 1. The maximum Gasteiger partial charge on any atom is 0.322 e. The Labute approximate surface area is 87.9 Å². The Hall–Kier alpha value is -1.10. The summed E-state index contributed by atoms with van der Waals surface area (Å²) in [7, 11) is 0. The highest BCUT2D eigenvalue weighted by atomic mass is 35.5. The highest BCUT2D eigenvalue weighted by Crippen LogP contribution is 2.10. The average Bonchev–Trinajstić information content (AvgIpc) is 2.14. The number of hydrogen-bond acceptors (Lipinski definition) is 5. The van der Waals surface area contributed by atoms with Crippen LogP contribution in [0.2, 0.25) is 5.28 Å². The van der Waals surface area contributed by atoms with Crippen LogP contribution in [-0.4, -0.2) is 28.1 Å². The van der Waals surface area contributed by atoms with Gasteiger partial charge in [0.05, 0.1) is 6.61 Å². The Morgan fingerprint density at radius 2 is 2.07 bits per heavy atom. The van der Waals surface area contributed by atoms with E-state index in [0.717, 1.165) is 13.0 Å². The van der Waals surface area contributed by atoms with Crippen LogP contribution in [0.1, 0.15) is 20.3 Å². The zero-order chi connectivity index (χ0) is 10.4. The first kappa shape index (κ1) is 11.0. The van der Waals surface area contributed by atoms with Crippen LogP contribution >= 0.6 is 11.6 Å². The van der Waals surface area contributed by atoms with Gasteiger partial charge in [0, 0.05) is 6.54 Å². The van der Waals surface area contributed by atoms with Gasteiger partial charge in [-0.05, 0) is 24.9 Å². The molecule has 1 heterocycles. The van der Waals surface area contributed by atoms with Crippen LogP contribution in [0.3, 0.4) is 0 Å². The molecular formula is C8H13ClN4O. The lowest BCUT2D eigenvalue weighted by atomic mass is 10.5. The maximum atomic E-state index is 5.68. The number of hydrogen-bond donors (Lipinski definition) is 1. The summed E-state index contributed by atoms with van der Waals surface area (Å²) in [6.45, 7) is 5.26. The summed E-state index contributed by atoms with van der Waals surface area (Å²) in [5.74, 6) is 0.443. The molecule has 0 bridgehead atoms. The number of nitrogens with zero attached hydrogens (tertiary/aromatic N) is 3. The van der Waals surface area contributed by atoms with Crippen molar-refractivity contribution < 1.29 is 4.74 Å². The molecule has 0 atom stereocenters. The normalized spacial score (nSPS) is 9.93. The molecule has 0 fully saturated rings. The van der Waals surface area contributed by atoms with Crippen LogP contribution in [0.15, 0.2) is 0 Å². The predicted molar refractivity (Wildman–Crippen MR) is 54.8 cm³/mol. The Bertz CT molecular complexity index is 295. The van der Waals surface area contributed by atoms with Crippen LogP contribution in [0, 0.1) is 0 Å². The average molecular weight is 217 g/mol.